The van der Waals surface area contributed by atoms with Gasteiger partial charge in [-0.2, -0.15) is 0 Å². The number of aromatic hydroxyl groups is 2. The fourth-order valence-corrected chi connectivity index (χ4v) is 4.10. The average molecular weight is 429 g/mol. The number of benzene rings is 2. The van der Waals surface area contributed by atoms with Gasteiger partial charge in [0.2, 0.25) is 5.91 Å². The van der Waals surface area contributed by atoms with Gasteiger partial charge in [-0.25, -0.2) is 0 Å². The Morgan fingerprint density at radius 2 is 1.83 bits per heavy atom. The van der Waals surface area contributed by atoms with Gasteiger partial charge in [-0.3, -0.25) is 9.78 Å². The van der Waals surface area contributed by atoms with Gasteiger partial charge < -0.3 is 15.1 Å². The lowest BCUT2D eigenvalue weighted by Crippen LogP contribution is -2.35. The Balaban J connectivity index is 1.60. The number of halogens is 2. The maximum Gasteiger partial charge on any atom is 0.247 e. The molecule has 1 aliphatic heterocycles. The SMILES string of the molecule is C/C(=C/C(=O)N1CCc2c(Cl)c(O)c(O)c(Cl)c2C1)c1cnc2ccccc2c1. The van der Waals surface area contributed by atoms with Crippen molar-refractivity contribution in [1.82, 2.24) is 9.88 Å². The molecule has 1 amide bonds. The van der Waals surface area contributed by atoms with Crippen molar-refractivity contribution in [2.75, 3.05) is 6.54 Å². The van der Waals surface area contributed by atoms with Gasteiger partial charge in [-0.05, 0) is 47.7 Å². The fraction of sp³-hybridized carbons (Fsp3) is 0.182. The van der Waals surface area contributed by atoms with E-state index in [2.05, 4.69) is 4.98 Å². The molecule has 148 valence electrons. The van der Waals surface area contributed by atoms with E-state index in [0.29, 0.717) is 24.1 Å². The molecule has 0 aliphatic carbocycles. The lowest BCUT2D eigenvalue weighted by atomic mass is 9.98. The van der Waals surface area contributed by atoms with Crippen LogP contribution in [0.4, 0.5) is 0 Å². The zero-order valence-corrected chi connectivity index (χ0v) is 17.1. The fourth-order valence-electron chi connectivity index (χ4n) is 3.54. The number of allylic oxidation sites excluding steroid dienone is 1. The van der Waals surface area contributed by atoms with Crippen LogP contribution in [0.5, 0.6) is 11.5 Å². The molecule has 2 N–H and O–H groups in total. The van der Waals surface area contributed by atoms with Crippen molar-refractivity contribution in [2.45, 2.75) is 19.9 Å². The number of phenols is 2. The zero-order valence-electron chi connectivity index (χ0n) is 15.6. The Morgan fingerprint density at radius 1 is 1.14 bits per heavy atom. The van der Waals surface area contributed by atoms with Crippen LogP contribution in [0, 0.1) is 0 Å². The highest BCUT2D eigenvalue weighted by Crippen LogP contribution is 2.46. The minimum Gasteiger partial charge on any atom is -0.503 e. The molecule has 2 aromatic carbocycles. The highest BCUT2D eigenvalue weighted by molar-refractivity contribution is 6.36. The molecule has 4 rings (SSSR count). The van der Waals surface area contributed by atoms with Crippen LogP contribution in [0.25, 0.3) is 16.5 Å². The number of aromatic nitrogens is 1. The van der Waals surface area contributed by atoms with Crippen LogP contribution >= 0.6 is 23.2 Å². The summed E-state index contributed by atoms with van der Waals surface area (Å²) in [6, 6.07) is 9.81. The monoisotopic (exact) mass is 428 g/mol. The summed E-state index contributed by atoms with van der Waals surface area (Å²) in [6.45, 7) is 2.52. The van der Waals surface area contributed by atoms with E-state index in [0.717, 1.165) is 22.0 Å². The van der Waals surface area contributed by atoms with Gasteiger partial charge in [0.1, 0.15) is 0 Å². The summed E-state index contributed by atoms with van der Waals surface area (Å²) >= 11 is 12.3. The summed E-state index contributed by atoms with van der Waals surface area (Å²) in [4.78, 5) is 18.9. The zero-order chi connectivity index (χ0) is 20.7. The Hall–Kier alpha value is -2.76. The third kappa shape index (κ3) is 3.52. The standard InChI is InChI=1S/C22H18Cl2N2O3/c1-12(14-9-13-4-2-3-5-17(13)25-10-14)8-18(27)26-7-6-15-16(11-26)20(24)22(29)21(28)19(15)23/h2-5,8-10,28-29H,6-7,11H2,1H3/b12-8-. The topological polar surface area (TPSA) is 73.7 Å². The number of nitrogens with zero attached hydrogens (tertiary/aromatic N) is 2. The molecule has 0 saturated heterocycles. The second-order valence-electron chi connectivity index (χ2n) is 7.04. The number of pyridine rings is 1. The molecule has 3 aromatic rings. The number of phenolic OH excluding ortho intramolecular Hbond substituents is 2. The third-order valence-corrected chi connectivity index (χ3v) is 6.03. The minimum absolute atomic E-state index is 0.0267. The number of hydrogen-bond acceptors (Lipinski definition) is 4. The molecule has 0 spiro atoms. The number of carbonyl (C=O) groups is 1. The van der Waals surface area contributed by atoms with Gasteiger partial charge in [-0.15, -0.1) is 0 Å². The Bertz CT molecular complexity index is 1170. The van der Waals surface area contributed by atoms with E-state index in [-0.39, 0.29) is 22.5 Å². The molecular weight excluding hydrogens is 411 g/mol. The molecular formula is C22H18Cl2N2O3. The quantitative estimate of drug-likeness (QED) is 0.447. The van der Waals surface area contributed by atoms with Crippen molar-refractivity contribution in [3.05, 3.63) is 69.3 Å². The minimum atomic E-state index is -0.460. The third-order valence-electron chi connectivity index (χ3n) is 5.21. The van der Waals surface area contributed by atoms with Crippen molar-refractivity contribution >= 4 is 45.6 Å². The second-order valence-corrected chi connectivity index (χ2v) is 7.79. The first-order valence-electron chi connectivity index (χ1n) is 9.10. The number of carbonyl (C=O) groups excluding carboxylic acids is 1. The predicted molar refractivity (Wildman–Crippen MR) is 114 cm³/mol. The van der Waals surface area contributed by atoms with Gasteiger partial charge in [-0.1, -0.05) is 41.4 Å². The summed E-state index contributed by atoms with van der Waals surface area (Å²) in [6.07, 6.45) is 3.77. The number of para-hydroxylation sites is 1. The maximum atomic E-state index is 12.8. The highest BCUT2D eigenvalue weighted by atomic mass is 35.5. The molecule has 0 atom stereocenters. The Morgan fingerprint density at radius 3 is 2.59 bits per heavy atom. The van der Waals surface area contributed by atoms with E-state index in [1.54, 1.807) is 17.2 Å². The van der Waals surface area contributed by atoms with Crippen LogP contribution in [0.15, 0.2) is 42.6 Å². The smallest absolute Gasteiger partial charge is 0.247 e. The van der Waals surface area contributed by atoms with Crippen LogP contribution in [-0.4, -0.2) is 32.5 Å². The highest BCUT2D eigenvalue weighted by Gasteiger charge is 2.28. The van der Waals surface area contributed by atoms with Crippen LogP contribution in [0.3, 0.4) is 0 Å². The first-order chi connectivity index (χ1) is 13.9. The second kappa shape index (κ2) is 7.58. The normalized spacial score (nSPS) is 14.2. The summed E-state index contributed by atoms with van der Waals surface area (Å²) in [5.41, 5.74) is 3.80. The summed E-state index contributed by atoms with van der Waals surface area (Å²) in [5.74, 6) is -1.05. The van der Waals surface area contributed by atoms with Gasteiger partial charge in [0.15, 0.2) is 11.5 Å². The van der Waals surface area contributed by atoms with Gasteiger partial charge in [0.25, 0.3) is 0 Å². The molecule has 5 nitrogen and oxygen atoms in total. The summed E-state index contributed by atoms with van der Waals surface area (Å²) < 4.78 is 0. The summed E-state index contributed by atoms with van der Waals surface area (Å²) in [5, 5.41) is 21.0. The maximum absolute atomic E-state index is 12.8. The molecule has 29 heavy (non-hydrogen) atoms. The Kier molecular flexibility index (Phi) is 5.11. The lowest BCUT2D eigenvalue weighted by molar-refractivity contribution is -0.126. The molecule has 7 heteroatoms. The lowest BCUT2D eigenvalue weighted by Gasteiger charge is -2.30. The number of hydrogen-bond donors (Lipinski definition) is 2. The molecule has 1 aromatic heterocycles. The van der Waals surface area contributed by atoms with E-state index in [1.807, 2.05) is 37.3 Å². The van der Waals surface area contributed by atoms with Gasteiger partial charge >= 0.3 is 0 Å². The van der Waals surface area contributed by atoms with E-state index in [1.165, 1.54) is 0 Å². The van der Waals surface area contributed by atoms with Crippen molar-refractivity contribution in [2.24, 2.45) is 0 Å². The summed E-state index contributed by atoms with van der Waals surface area (Å²) in [7, 11) is 0. The van der Waals surface area contributed by atoms with Crippen molar-refractivity contribution in [1.29, 1.82) is 0 Å². The largest absolute Gasteiger partial charge is 0.503 e. The first-order valence-corrected chi connectivity index (χ1v) is 9.85. The van der Waals surface area contributed by atoms with E-state index in [9.17, 15) is 15.0 Å². The van der Waals surface area contributed by atoms with Crippen LogP contribution in [0.2, 0.25) is 10.0 Å². The van der Waals surface area contributed by atoms with E-state index < -0.39 is 11.5 Å². The van der Waals surface area contributed by atoms with Crippen molar-refractivity contribution < 1.29 is 15.0 Å². The van der Waals surface area contributed by atoms with E-state index >= 15 is 0 Å². The average Bonchev–Trinajstić information content (AvgIpc) is 2.75. The number of fused-ring (bicyclic) bond motifs is 2. The van der Waals surface area contributed by atoms with Crippen LogP contribution in [-0.2, 0) is 17.8 Å². The van der Waals surface area contributed by atoms with E-state index in [4.69, 9.17) is 23.2 Å². The molecule has 0 bridgehead atoms. The predicted octanol–water partition coefficient (Wildman–Crippen LogP) is 4.94. The van der Waals surface area contributed by atoms with Gasteiger partial charge in [0.05, 0.1) is 15.6 Å². The molecule has 1 aliphatic rings. The van der Waals surface area contributed by atoms with Crippen molar-refractivity contribution in [3.8, 4) is 11.5 Å². The molecule has 0 unspecified atom stereocenters. The van der Waals surface area contributed by atoms with Crippen LogP contribution < -0.4 is 0 Å². The Labute approximate surface area is 177 Å². The van der Waals surface area contributed by atoms with Crippen LogP contribution in [0.1, 0.15) is 23.6 Å². The molecule has 0 radical (unpaired) electrons. The first kappa shape index (κ1) is 19.6. The molecule has 2 heterocycles. The number of amides is 1. The van der Waals surface area contributed by atoms with Gasteiger partial charge in [0, 0.05) is 30.7 Å². The van der Waals surface area contributed by atoms with Crippen molar-refractivity contribution in [3.63, 3.8) is 0 Å². The molecule has 0 fully saturated rings. The molecule has 0 saturated carbocycles. The number of rotatable bonds is 2.